The summed E-state index contributed by atoms with van der Waals surface area (Å²) in [4.78, 5) is 41.1. The monoisotopic (exact) mass is 431 g/mol. The van der Waals surface area contributed by atoms with Gasteiger partial charge in [-0.2, -0.15) is 0 Å². The molecule has 0 radical (unpaired) electrons. The third kappa shape index (κ3) is 4.27. The Balaban J connectivity index is 1.52. The van der Waals surface area contributed by atoms with Gasteiger partial charge < -0.3 is 19.5 Å². The zero-order chi connectivity index (χ0) is 22.7. The number of nitrogens with zero attached hydrogens (tertiary/aromatic N) is 2. The van der Waals surface area contributed by atoms with E-state index in [0.29, 0.717) is 24.2 Å². The van der Waals surface area contributed by atoms with Crippen molar-refractivity contribution >= 4 is 29.1 Å². The van der Waals surface area contributed by atoms with Crippen LogP contribution in [0.3, 0.4) is 0 Å². The molecule has 4 rings (SSSR count). The Labute approximate surface area is 186 Å². The van der Waals surface area contributed by atoms with Gasteiger partial charge in [-0.25, -0.2) is 0 Å². The van der Waals surface area contributed by atoms with E-state index in [9.17, 15) is 14.4 Å². The molecule has 0 bridgehead atoms. The average molecular weight is 431 g/mol. The molecule has 164 valence electrons. The maximum Gasteiger partial charge on any atom is 0.293 e. The van der Waals surface area contributed by atoms with Crippen LogP contribution in [0.5, 0.6) is 0 Å². The van der Waals surface area contributed by atoms with E-state index in [1.807, 2.05) is 31.2 Å². The summed E-state index contributed by atoms with van der Waals surface area (Å²) in [6, 6.07) is 17.5. The standard InChI is InChI=1S/C25H25N3O4/c1-17(18-8-5-9-19(16-18)28-14-6-13-23(28)29)26-24(30)20-10-3-4-11-21(20)27(2)25(31)22-12-7-15-32-22/h3-5,7-12,15-17H,6,13-14H2,1-2H3,(H,26,30). The molecule has 1 aliphatic heterocycles. The molecule has 1 unspecified atom stereocenters. The zero-order valence-corrected chi connectivity index (χ0v) is 18.1. The molecule has 1 aromatic heterocycles. The van der Waals surface area contributed by atoms with Crippen LogP contribution in [0.25, 0.3) is 0 Å². The summed E-state index contributed by atoms with van der Waals surface area (Å²) in [6.07, 6.45) is 2.86. The molecule has 1 saturated heterocycles. The Kier molecular flexibility index (Phi) is 6.07. The SMILES string of the molecule is CC(NC(=O)c1ccccc1N(C)C(=O)c1ccco1)c1cccc(N2CCCC2=O)c1. The lowest BCUT2D eigenvalue weighted by Gasteiger charge is -2.22. The minimum absolute atomic E-state index is 0.122. The second kappa shape index (κ2) is 9.09. The molecule has 1 aliphatic rings. The lowest BCUT2D eigenvalue weighted by atomic mass is 10.1. The van der Waals surface area contributed by atoms with E-state index in [-0.39, 0.29) is 29.5 Å². The van der Waals surface area contributed by atoms with Crippen LogP contribution in [0, 0.1) is 0 Å². The first kappa shape index (κ1) is 21.4. The van der Waals surface area contributed by atoms with E-state index in [1.165, 1.54) is 11.2 Å². The van der Waals surface area contributed by atoms with Crippen LogP contribution in [0.2, 0.25) is 0 Å². The summed E-state index contributed by atoms with van der Waals surface area (Å²) >= 11 is 0. The number of anilines is 2. The van der Waals surface area contributed by atoms with Gasteiger partial charge >= 0.3 is 0 Å². The molecule has 0 aliphatic carbocycles. The normalized spacial score (nSPS) is 14.3. The molecular weight excluding hydrogens is 406 g/mol. The van der Waals surface area contributed by atoms with Crippen LogP contribution in [0.15, 0.2) is 71.3 Å². The largest absolute Gasteiger partial charge is 0.459 e. The van der Waals surface area contributed by atoms with E-state index < -0.39 is 0 Å². The summed E-state index contributed by atoms with van der Waals surface area (Å²) in [5, 5.41) is 3.01. The quantitative estimate of drug-likeness (QED) is 0.635. The number of furan rings is 1. The second-order valence-corrected chi connectivity index (χ2v) is 7.80. The summed E-state index contributed by atoms with van der Waals surface area (Å²) in [6.45, 7) is 2.61. The third-order valence-corrected chi connectivity index (χ3v) is 5.65. The first-order valence-electron chi connectivity index (χ1n) is 10.6. The van der Waals surface area contributed by atoms with Crippen molar-refractivity contribution in [3.8, 4) is 0 Å². The number of amides is 3. The summed E-state index contributed by atoms with van der Waals surface area (Å²) in [7, 11) is 1.61. The lowest BCUT2D eigenvalue weighted by Crippen LogP contribution is -2.31. The molecule has 7 heteroatoms. The Morgan fingerprint density at radius 1 is 1.09 bits per heavy atom. The van der Waals surface area contributed by atoms with Crippen molar-refractivity contribution in [3.05, 3.63) is 83.8 Å². The Morgan fingerprint density at radius 2 is 1.91 bits per heavy atom. The minimum atomic E-state index is -0.341. The maximum atomic E-state index is 13.1. The van der Waals surface area contributed by atoms with E-state index in [1.54, 1.807) is 48.3 Å². The van der Waals surface area contributed by atoms with Gasteiger partial charge in [-0.05, 0) is 55.3 Å². The van der Waals surface area contributed by atoms with Crippen molar-refractivity contribution in [2.75, 3.05) is 23.4 Å². The maximum absolute atomic E-state index is 13.1. The highest BCUT2D eigenvalue weighted by Crippen LogP contribution is 2.26. The van der Waals surface area contributed by atoms with Crippen molar-refractivity contribution in [3.63, 3.8) is 0 Å². The number of benzene rings is 2. The van der Waals surface area contributed by atoms with Gasteiger partial charge in [0.05, 0.1) is 23.6 Å². The van der Waals surface area contributed by atoms with Gasteiger partial charge in [0.25, 0.3) is 11.8 Å². The van der Waals surface area contributed by atoms with Crippen LogP contribution < -0.4 is 15.1 Å². The van der Waals surface area contributed by atoms with Crippen LogP contribution in [0.1, 0.15) is 52.3 Å². The smallest absolute Gasteiger partial charge is 0.293 e. The van der Waals surface area contributed by atoms with Crippen LogP contribution in [-0.2, 0) is 4.79 Å². The molecule has 0 saturated carbocycles. The summed E-state index contributed by atoms with van der Waals surface area (Å²) < 4.78 is 5.20. The number of rotatable bonds is 6. The van der Waals surface area contributed by atoms with Crippen LogP contribution in [-0.4, -0.2) is 31.3 Å². The molecule has 32 heavy (non-hydrogen) atoms. The molecule has 1 atom stereocenters. The van der Waals surface area contributed by atoms with Gasteiger partial charge in [0.2, 0.25) is 5.91 Å². The molecule has 1 N–H and O–H groups in total. The van der Waals surface area contributed by atoms with Crippen molar-refractivity contribution in [2.45, 2.75) is 25.8 Å². The fourth-order valence-corrected chi connectivity index (χ4v) is 3.87. The van der Waals surface area contributed by atoms with Crippen LogP contribution >= 0.6 is 0 Å². The Bertz CT molecular complexity index is 1140. The van der Waals surface area contributed by atoms with Crippen molar-refractivity contribution in [1.29, 1.82) is 0 Å². The zero-order valence-electron chi connectivity index (χ0n) is 18.1. The predicted octanol–water partition coefficient (Wildman–Crippen LogP) is 4.17. The molecule has 3 aromatic rings. The summed E-state index contributed by atoms with van der Waals surface area (Å²) in [5.41, 5.74) is 2.60. The molecule has 0 spiro atoms. The van der Waals surface area contributed by atoms with E-state index in [0.717, 1.165) is 17.7 Å². The van der Waals surface area contributed by atoms with Crippen molar-refractivity contribution in [2.24, 2.45) is 0 Å². The number of hydrogen-bond donors (Lipinski definition) is 1. The van der Waals surface area contributed by atoms with Crippen molar-refractivity contribution < 1.29 is 18.8 Å². The number of para-hydroxylation sites is 1. The Morgan fingerprint density at radius 3 is 2.62 bits per heavy atom. The highest BCUT2D eigenvalue weighted by Gasteiger charge is 2.24. The van der Waals surface area contributed by atoms with Gasteiger partial charge in [0.15, 0.2) is 5.76 Å². The van der Waals surface area contributed by atoms with Gasteiger partial charge in [0.1, 0.15) is 0 Å². The molecule has 7 nitrogen and oxygen atoms in total. The highest BCUT2D eigenvalue weighted by molar-refractivity contribution is 6.09. The molecule has 2 heterocycles. The van der Waals surface area contributed by atoms with E-state index in [2.05, 4.69) is 5.32 Å². The Hall–Kier alpha value is -3.87. The number of hydrogen-bond acceptors (Lipinski definition) is 4. The second-order valence-electron chi connectivity index (χ2n) is 7.80. The fraction of sp³-hybridized carbons (Fsp3) is 0.240. The van der Waals surface area contributed by atoms with Gasteiger partial charge in [-0.1, -0.05) is 24.3 Å². The fourth-order valence-electron chi connectivity index (χ4n) is 3.87. The van der Waals surface area contributed by atoms with Gasteiger partial charge in [0, 0.05) is 25.7 Å². The molecular formula is C25H25N3O4. The van der Waals surface area contributed by atoms with E-state index in [4.69, 9.17) is 4.42 Å². The van der Waals surface area contributed by atoms with Crippen LogP contribution in [0.4, 0.5) is 11.4 Å². The molecule has 2 aromatic carbocycles. The minimum Gasteiger partial charge on any atom is -0.459 e. The topological polar surface area (TPSA) is 82.9 Å². The van der Waals surface area contributed by atoms with Crippen molar-refractivity contribution in [1.82, 2.24) is 5.32 Å². The molecule has 1 fully saturated rings. The molecule has 3 amide bonds. The first-order chi connectivity index (χ1) is 15.5. The average Bonchev–Trinajstić information content (AvgIpc) is 3.50. The first-order valence-corrected chi connectivity index (χ1v) is 10.6. The van der Waals surface area contributed by atoms with Gasteiger partial charge in [-0.3, -0.25) is 14.4 Å². The predicted molar refractivity (Wildman–Crippen MR) is 122 cm³/mol. The lowest BCUT2D eigenvalue weighted by molar-refractivity contribution is -0.117. The third-order valence-electron chi connectivity index (χ3n) is 5.65. The summed E-state index contributed by atoms with van der Waals surface area (Å²) in [5.74, 6) is -0.317. The number of carbonyl (C=O) groups is 3. The number of nitrogens with one attached hydrogen (secondary N) is 1. The highest BCUT2D eigenvalue weighted by atomic mass is 16.3. The van der Waals surface area contributed by atoms with Gasteiger partial charge in [-0.15, -0.1) is 0 Å². The number of carbonyl (C=O) groups excluding carboxylic acids is 3. The van der Waals surface area contributed by atoms with E-state index >= 15 is 0 Å².